The maximum Gasteiger partial charge on any atom is 0.333 e. The Balaban J connectivity index is -0.000000270. The number of aliphatic carboxylic acids is 1. The van der Waals surface area contributed by atoms with Gasteiger partial charge in [0.1, 0.15) is 0 Å². The number of carboxylic acids is 1. The van der Waals surface area contributed by atoms with Crippen molar-refractivity contribution in [2.24, 2.45) is 5.73 Å². The second kappa shape index (κ2) is 15.2. The molecule has 0 rings (SSSR count). The van der Waals surface area contributed by atoms with E-state index in [1.807, 2.05) is 0 Å². The second-order valence-electron chi connectivity index (χ2n) is 3.00. The molecule has 0 unspecified atom stereocenters. The molecule has 0 aromatic carbocycles. The van der Waals surface area contributed by atoms with Crippen LogP contribution in [-0.2, 0) is 28.7 Å². The first-order valence-electron chi connectivity index (χ1n) is 5.26. The van der Waals surface area contributed by atoms with Crippen LogP contribution in [0.3, 0.4) is 0 Å². The van der Waals surface area contributed by atoms with Gasteiger partial charge in [-0.2, -0.15) is 0 Å². The summed E-state index contributed by atoms with van der Waals surface area (Å²) in [6, 6.07) is 0. The molecule has 8 nitrogen and oxygen atoms in total. The van der Waals surface area contributed by atoms with Gasteiger partial charge in [-0.15, -0.1) is 0 Å². The van der Waals surface area contributed by atoms with Crippen LogP contribution in [-0.4, -0.2) is 43.1 Å². The molecule has 0 atom stereocenters. The number of ether oxygens (including phenoxy) is 2. The molecule has 0 aromatic rings. The number of methoxy groups -OCH3 is 2. The molecule has 0 spiro atoms. The highest BCUT2D eigenvalue weighted by atomic mass is 16.5. The molecule has 0 saturated carbocycles. The lowest BCUT2D eigenvalue weighted by Crippen LogP contribution is -2.09. The van der Waals surface area contributed by atoms with Crippen LogP contribution in [0.4, 0.5) is 0 Å². The Morgan fingerprint density at radius 3 is 1.67 bits per heavy atom. The van der Waals surface area contributed by atoms with Crippen LogP contribution in [0.15, 0.2) is 37.5 Å². The van der Waals surface area contributed by atoms with Gasteiger partial charge in [0.15, 0.2) is 0 Å². The molecular weight excluding hydrogens is 282 g/mol. The van der Waals surface area contributed by atoms with Crippen LogP contribution in [0.5, 0.6) is 0 Å². The number of hydrogen-bond acceptors (Lipinski definition) is 6. The number of carbonyl (C=O) groups excluding carboxylic acids is 3. The summed E-state index contributed by atoms with van der Waals surface area (Å²) >= 11 is 0. The van der Waals surface area contributed by atoms with Crippen molar-refractivity contribution in [2.75, 3.05) is 14.2 Å². The molecule has 0 heterocycles. The van der Waals surface area contributed by atoms with Crippen molar-refractivity contribution in [2.45, 2.75) is 6.42 Å². The normalized spacial score (nSPS) is 7.52. The van der Waals surface area contributed by atoms with E-state index in [9.17, 15) is 19.2 Å². The van der Waals surface area contributed by atoms with E-state index < -0.39 is 23.8 Å². The van der Waals surface area contributed by atoms with E-state index in [-0.39, 0.29) is 12.0 Å². The van der Waals surface area contributed by atoms with Crippen LogP contribution in [0.2, 0.25) is 0 Å². The van der Waals surface area contributed by atoms with Gasteiger partial charge in [0.2, 0.25) is 5.91 Å². The molecule has 0 bridgehead atoms. The molecule has 0 saturated heterocycles. The van der Waals surface area contributed by atoms with Crippen molar-refractivity contribution < 1.29 is 33.8 Å². The standard InChI is InChI=1S/C7H10O4.C3H5NO.C3H4O2/c1-5(7(9)11-3)4-6(8)10-2;2*1-2-3(4)5/h1,4H2,2-3H3;2H,1H2,(H2,4,5);2H,1H2,(H,4,5). The maximum atomic E-state index is 10.6. The summed E-state index contributed by atoms with van der Waals surface area (Å²) in [6.45, 7) is 9.38. The smallest absolute Gasteiger partial charge is 0.333 e. The number of rotatable bonds is 5. The monoisotopic (exact) mass is 301 g/mol. The van der Waals surface area contributed by atoms with E-state index in [1.165, 1.54) is 14.2 Å². The van der Waals surface area contributed by atoms with Gasteiger partial charge < -0.3 is 20.3 Å². The lowest BCUT2D eigenvalue weighted by Gasteiger charge is -2.00. The summed E-state index contributed by atoms with van der Waals surface area (Å²) in [7, 11) is 2.47. The van der Waals surface area contributed by atoms with E-state index in [0.717, 1.165) is 12.2 Å². The van der Waals surface area contributed by atoms with Crippen LogP contribution >= 0.6 is 0 Å². The first kappa shape index (κ1) is 23.2. The Kier molecular flexibility index (Phi) is 16.8. The number of amides is 1. The van der Waals surface area contributed by atoms with Crippen LogP contribution in [0.25, 0.3) is 0 Å². The number of nitrogens with two attached hydrogens (primary N) is 1. The van der Waals surface area contributed by atoms with Gasteiger partial charge in [0.05, 0.1) is 20.6 Å². The number of esters is 2. The van der Waals surface area contributed by atoms with E-state index in [2.05, 4.69) is 34.9 Å². The molecule has 0 aliphatic rings. The van der Waals surface area contributed by atoms with Gasteiger partial charge >= 0.3 is 17.9 Å². The third-order valence-corrected chi connectivity index (χ3v) is 1.44. The van der Waals surface area contributed by atoms with Gasteiger partial charge in [-0.25, -0.2) is 9.59 Å². The summed E-state index contributed by atoms with van der Waals surface area (Å²) in [5, 5.41) is 7.60. The van der Waals surface area contributed by atoms with E-state index >= 15 is 0 Å². The molecule has 0 fully saturated rings. The van der Waals surface area contributed by atoms with E-state index in [1.54, 1.807) is 0 Å². The Bertz CT molecular complexity index is 395. The lowest BCUT2D eigenvalue weighted by atomic mass is 10.2. The average molecular weight is 301 g/mol. The molecule has 21 heavy (non-hydrogen) atoms. The van der Waals surface area contributed by atoms with Gasteiger partial charge in [-0.1, -0.05) is 19.7 Å². The van der Waals surface area contributed by atoms with Gasteiger partial charge in [-0.3, -0.25) is 9.59 Å². The zero-order valence-corrected chi connectivity index (χ0v) is 12.0. The topological polar surface area (TPSA) is 133 Å². The van der Waals surface area contributed by atoms with Crippen molar-refractivity contribution >= 4 is 23.8 Å². The average Bonchev–Trinajstić information content (AvgIpc) is 2.46. The molecule has 0 aromatic heterocycles. The lowest BCUT2D eigenvalue weighted by molar-refractivity contribution is -0.143. The second-order valence-corrected chi connectivity index (χ2v) is 3.00. The summed E-state index contributed by atoms with van der Waals surface area (Å²) in [5.41, 5.74) is 4.63. The predicted octanol–water partition coefficient (Wildman–Crippen LogP) is 0.193. The minimum Gasteiger partial charge on any atom is -0.478 e. The number of primary amides is 1. The molecule has 1 amide bonds. The zero-order chi connectivity index (χ0) is 17.4. The summed E-state index contributed by atoms with van der Waals surface area (Å²) in [6.07, 6.45) is 1.77. The number of carboxylic acid groups (broad SMARTS) is 1. The molecule has 0 aliphatic heterocycles. The number of hydrogen-bond donors (Lipinski definition) is 2. The SMILES string of the molecule is C=C(CC(=O)OC)C(=O)OC.C=CC(=O)O.C=CC(N)=O. The molecule has 8 heteroatoms. The largest absolute Gasteiger partial charge is 0.478 e. The zero-order valence-electron chi connectivity index (χ0n) is 12.0. The Morgan fingerprint density at radius 1 is 1.10 bits per heavy atom. The van der Waals surface area contributed by atoms with Crippen molar-refractivity contribution in [3.8, 4) is 0 Å². The quantitative estimate of drug-likeness (QED) is 0.547. The van der Waals surface area contributed by atoms with Crippen LogP contribution in [0.1, 0.15) is 6.42 Å². The highest BCUT2D eigenvalue weighted by molar-refractivity contribution is 5.93. The fraction of sp³-hybridized carbons (Fsp3) is 0.231. The molecule has 3 N–H and O–H groups in total. The first-order chi connectivity index (χ1) is 9.65. The van der Waals surface area contributed by atoms with Crippen molar-refractivity contribution in [3.05, 3.63) is 37.5 Å². The Hall–Kier alpha value is -2.90. The van der Waals surface area contributed by atoms with Crippen LogP contribution in [0, 0.1) is 0 Å². The Morgan fingerprint density at radius 2 is 1.48 bits per heavy atom. The summed E-state index contributed by atoms with van der Waals surface area (Å²) < 4.78 is 8.62. The molecule has 0 radical (unpaired) electrons. The molecular formula is C13H19NO7. The van der Waals surface area contributed by atoms with Gasteiger partial charge in [0.25, 0.3) is 0 Å². The predicted molar refractivity (Wildman–Crippen MR) is 75.0 cm³/mol. The highest BCUT2D eigenvalue weighted by Crippen LogP contribution is 2.00. The molecule has 0 aliphatic carbocycles. The third-order valence-electron chi connectivity index (χ3n) is 1.44. The summed E-state index contributed by atoms with van der Waals surface area (Å²) in [4.78, 5) is 39.9. The minimum absolute atomic E-state index is 0.0966. The summed E-state index contributed by atoms with van der Waals surface area (Å²) in [5.74, 6) is -2.55. The number of carbonyl (C=O) groups is 4. The third kappa shape index (κ3) is 22.7. The van der Waals surface area contributed by atoms with Crippen molar-refractivity contribution in [1.29, 1.82) is 0 Å². The van der Waals surface area contributed by atoms with Crippen molar-refractivity contribution in [3.63, 3.8) is 0 Å². The van der Waals surface area contributed by atoms with E-state index in [0.29, 0.717) is 0 Å². The first-order valence-corrected chi connectivity index (χ1v) is 5.26. The Labute approximate surface area is 122 Å². The maximum absolute atomic E-state index is 10.6. The minimum atomic E-state index is -0.981. The van der Waals surface area contributed by atoms with Crippen LogP contribution < -0.4 is 5.73 Å². The fourth-order valence-electron chi connectivity index (χ4n) is 0.463. The van der Waals surface area contributed by atoms with Crippen molar-refractivity contribution in [1.82, 2.24) is 0 Å². The fourth-order valence-corrected chi connectivity index (χ4v) is 0.463. The highest BCUT2D eigenvalue weighted by Gasteiger charge is 2.11. The van der Waals surface area contributed by atoms with E-state index in [4.69, 9.17) is 5.11 Å². The van der Waals surface area contributed by atoms with Gasteiger partial charge in [-0.05, 0) is 6.08 Å². The molecule has 118 valence electrons. The van der Waals surface area contributed by atoms with Gasteiger partial charge in [0, 0.05) is 11.6 Å².